The van der Waals surface area contributed by atoms with Crippen LogP contribution in [-0.4, -0.2) is 17.5 Å². The van der Waals surface area contributed by atoms with E-state index in [0.29, 0.717) is 13.2 Å². The van der Waals surface area contributed by atoms with Gasteiger partial charge in [-0.15, -0.1) is 11.3 Å². The van der Waals surface area contributed by atoms with Crippen LogP contribution in [0.5, 0.6) is 5.75 Å². The quantitative estimate of drug-likeness (QED) is 0.944. The number of aryl methyl sites for hydroxylation is 1. The topological polar surface area (TPSA) is 51.2 Å². The number of thiazole rings is 1. The SMILES string of the molecule is CCc1csc(CNC(=O)[C@H]2COc3ccccc3C2)n1. The number of aromatic nitrogens is 1. The average molecular weight is 302 g/mol. The van der Waals surface area contributed by atoms with Crippen LogP contribution in [0.3, 0.4) is 0 Å². The summed E-state index contributed by atoms with van der Waals surface area (Å²) in [5, 5.41) is 5.96. The summed E-state index contributed by atoms with van der Waals surface area (Å²) in [6.07, 6.45) is 1.66. The Labute approximate surface area is 128 Å². The van der Waals surface area contributed by atoms with Gasteiger partial charge in [-0.05, 0) is 24.5 Å². The zero-order valence-corrected chi connectivity index (χ0v) is 12.8. The van der Waals surface area contributed by atoms with Crippen molar-refractivity contribution >= 4 is 17.2 Å². The summed E-state index contributed by atoms with van der Waals surface area (Å²) in [6, 6.07) is 7.89. The van der Waals surface area contributed by atoms with Crippen LogP contribution in [0.1, 0.15) is 23.2 Å². The van der Waals surface area contributed by atoms with Crippen molar-refractivity contribution in [3.05, 3.63) is 45.9 Å². The van der Waals surface area contributed by atoms with Crippen molar-refractivity contribution in [2.24, 2.45) is 5.92 Å². The van der Waals surface area contributed by atoms with Gasteiger partial charge in [-0.2, -0.15) is 0 Å². The molecule has 0 unspecified atom stereocenters. The van der Waals surface area contributed by atoms with Gasteiger partial charge in [-0.3, -0.25) is 4.79 Å². The minimum Gasteiger partial charge on any atom is -0.492 e. The standard InChI is InChI=1S/C16H18N2O2S/c1-2-13-10-21-15(18-13)8-17-16(19)12-7-11-5-3-4-6-14(11)20-9-12/h3-6,10,12H,2,7-9H2,1H3,(H,17,19)/t12-/m1/s1. The first-order chi connectivity index (χ1) is 10.3. The van der Waals surface area contributed by atoms with E-state index >= 15 is 0 Å². The van der Waals surface area contributed by atoms with Crippen LogP contribution in [-0.2, 0) is 24.2 Å². The van der Waals surface area contributed by atoms with E-state index in [1.54, 1.807) is 11.3 Å². The second-order valence-electron chi connectivity index (χ2n) is 5.12. The molecule has 0 radical (unpaired) electrons. The summed E-state index contributed by atoms with van der Waals surface area (Å²) in [5.74, 6) is 0.817. The van der Waals surface area contributed by atoms with Gasteiger partial charge in [-0.25, -0.2) is 4.98 Å². The molecule has 4 nitrogen and oxygen atoms in total. The van der Waals surface area contributed by atoms with Crippen molar-refractivity contribution in [1.29, 1.82) is 0 Å². The number of nitrogens with zero attached hydrogens (tertiary/aromatic N) is 1. The summed E-state index contributed by atoms with van der Waals surface area (Å²) in [5.41, 5.74) is 2.19. The van der Waals surface area contributed by atoms with Crippen molar-refractivity contribution in [2.45, 2.75) is 26.3 Å². The largest absolute Gasteiger partial charge is 0.492 e. The molecule has 1 aromatic carbocycles. The Kier molecular flexibility index (Phi) is 4.20. The van der Waals surface area contributed by atoms with Gasteiger partial charge < -0.3 is 10.1 Å². The molecular weight excluding hydrogens is 284 g/mol. The van der Waals surface area contributed by atoms with Crippen LogP contribution in [0.25, 0.3) is 0 Å². The lowest BCUT2D eigenvalue weighted by atomic mass is 9.96. The molecule has 1 amide bonds. The van der Waals surface area contributed by atoms with Gasteiger partial charge in [0.1, 0.15) is 17.4 Å². The fourth-order valence-electron chi connectivity index (χ4n) is 2.40. The minimum atomic E-state index is -0.120. The first kappa shape index (κ1) is 14.1. The number of nitrogens with one attached hydrogen (secondary N) is 1. The summed E-state index contributed by atoms with van der Waals surface area (Å²) in [6.45, 7) is 3.02. The second kappa shape index (κ2) is 6.26. The molecule has 3 rings (SSSR count). The lowest BCUT2D eigenvalue weighted by Crippen LogP contribution is -2.37. The Hall–Kier alpha value is -1.88. The Balaban J connectivity index is 1.57. The van der Waals surface area contributed by atoms with Crippen molar-refractivity contribution in [3.63, 3.8) is 0 Å². The number of fused-ring (bicyclic) bond motifs is 1. The molecule has 1 aliphatic rings. The van der Waals surface area contributed by atoms with Crippen molar-refractivity contribution in [1.82, 2.24) is 10.3 Å². The number of amides is 1. The third-order valence-corrected chi connectivity index (χ3v) is 4.52. The molecule has 110 valence electrons. The summed E-state index contributed by atoms with van der Waals surface area (Å²) < 4.78 is 5.66. The zero-order chi connectivity index (χ0) is 14.7. The summed E-state index contributed by atoms with van der Waals surface area (Å²) in [7, 11) is 0. The first-order valence-electron chi connectivity index (χ1n) is 7.18. The van der Waals surface area contributed by atoms with Gasteiger partial charge in [0.05, 0.1) is 18.2 Å². The Morgan fingerprint density at radius 3 is 3.14 bits per heavy atom. The molecule has 0 saturated carbocycles. The van der Waals surface area contributed by atoms with E-state index in [1.807, 2.05) is 29.6 Å². The molecule has 0 aliphatic carbocycles. The van der Waals surface area contributed by atoms with Gasteiger partial charge in [0, 0.05) is 5.38 Å². The fourth-order valence-corrected chi connectivity index (χ4v) is 3.21. The van der Waals surface area contributed by atoms with Gasteiger partial charge in [-0.1, -0.05) is 25.1 Å². The zero-order valence-electron chi connectivity index (χ0n) is 12.0. The molecule has 2 heterocycles. The van der Waals surface area contributed by atoms with Crippen molar-refractivity contribution < 1.29 is 9.53 Å². The van der Waals surface area contributed by atoms with E-state index in [1.165, 1.54) is 0 Å². The molecule has 2 aromatic rings. The molecule has 1 aliphatic heterocycles. The predicted octanol–water partition coefficient (Wildman–Crippen LogP) is 2.57. The number of carbonyl (C=O) groups excluding carboxylic acids is 1. The van der Waals surface area contributed by atoms with Gasteiger partial charge in [0.2, 0.25) is 5.91 Å². The Bertz CT molecular complexity index is 639. The maximum Gasteiger partial charge on any atom is 0.227 e. The fraction of sp³-hybridized carbons (Fsp3) is 0.375. The number of carbonyl (C=O) groups is 1. The van der Waals surface area contributed by atoms with Gasteiger partial charge in [0.25, 0.3) is 0 Å². The predicted molar refractivity (Wildman–Crippen MR) is 82.5 cm³/mol. The van der Waals surface area contributed by atoms with E-state index < -0.39 is 0 Å². The average Bonchev–Trinajstić information content (AvgIpc) is 3.00. The van der Waals surface area contributed by atoms with Crippen molar-refractivity contribution in [2.75, 3.05) is 6.61 Å². The van der Waals surface area contributed by atoms with Crippen LogP contribution in [0.2, 0.25) is 0 Å². The van der Waals surface area contributed by atoms with Crippen molar-refractivity contribution in [3.8, 4) is 5.75 Å². The van der Waals surface area contributed by atoms with Crippen LogP contribution in [0.4, 0.5) is 0 Å². The number of hydrogen-bond acceptors (Lipinski definition) is 4. The molecule has 0 saturated heterocycles. The maximum atomic E-state index is 12.2. The highest BCUT2D eigenvalue weighted by Crippen LogP contribution is 2.26. The smallest absolute Gasteiger partial charge is 0.227 e. The minimum absolute atomic E-state index is 0.0396. The lowest BCUT2D eigenvalue weighted by molar-refractivity contribution is -0.126. The summed E-state index contributed by atoms with van der Waals surface area (Å²) >= 11 is 1.59. The molecule has 0 bridgehead atoms. The molecule has 1 aromatic heterocycles. The van der Waals surface area contributed by atoms with Gasteiger partial charge >= 0.3 is 0 Å². The lowest BCUT2D eigenvalue weighted by Gasteiger charge is -2.24. The Morgan fingerprint density at radius 1 is 1.48 bits per heavy atom. The van der Waals surface area contributed by atoms with Crippen LogP contribution >= 0.6 is 11.3 Å². The van der Waals surface area contributed by atoms with Crippen LogP contribution in [0, 0.1) is 5.92 Å². The maximum absolute atomic E-state index is 12.2. The number of hydrogen-bond donors (Lipinski definition) is 1. The van der Waals surface area contributed by atoms with Crippen LogP contribution < -0.4 is 10.1 Å². The molecule has 1 atom stereocenters. The van der Waals surface area contributed by atoms with E-state index in [4.69, 9.17) is 4.74 Å². The monoisotopic (exact) mass is 302 g/mol. The third-order valence-electron chi connectivity index (χ3n) is 3.63. The number of benzene rings is 1. The van der Waals surface area contributed by atoms with Gasteiger partial charge in [0.15, 0.2) is 0 Å². The van der Waals surface area contributed by atoms with E-state index in [2.05, 4.69) is 17.2 Å². The van der Waals surface area contributed by atoms with Crippen LogP contribution in [0.15, 0.2) is 29.6 Å². The molecule has 21 heavy (non-hydrogen) atoms. The molecule has 5 heteroatoms. The van der Waals surface area contributed by atoms with E-state index in [-0.39, 0.29) is 11.8 Å². The molecule has 0 spiro atoms. The molecular formula is C16H18N2O2S. The Morgan fingerprint density at radius 2 is 2.33 bits per heavy atom. The molecule has 1 N–H and O–H groups in total. The highest BCUT2D eigenvalue weighted by Gasteiger charge is 2.25. The first-order valence-corrected chi connectivity index (χ1v) is 8.06. The third kappa shape index (κ3) is 3.24. The number of ether oxygens (including phenoxy) is 1. The molecule has 0 fully saturated rings. The normalized spacial score (nSPS) is 16.9. The van der Waals surface area contributed by atoms with E-state index in [0.717, 1.165) is 34.9 Å². The summed E-state index contributed by atoms with van der Waals surface area (Å²) in [4.78, 5) is 16.7. The number of rotatable bonds is 4. The second-order valence-corrected chi connectivity index (χ2v) is 6.07. The number of para-hydroxylation sites is 1. The van der Waals surface area contributed by atoms with E-state index in [9.17, 15) is 4.79 Å². The highest BCUT2D eigenvalue weighted by molar-refractivity contribution is 7.09. The highest BCUT2D eigenvalue weighted by atomic mass is 32.1.